The Morgan fingerprint density at radius 2 is 1.92 bits per heavy atom. The molecule has 1 aromatic carbocycles. The number of carbonyl (C=O) groups excluding carboxylic acids is 1. The van der Waals surface area contributed by atoms with E-state index in [0.717, 1.165) is 25.7 Å². The third-order valence-corrected chi connectivity index (χ3v) is 6.86. The first-order valence-electron chi connectivity index (χ1n) is 10.4. The minimum atomic E-state index is 0.159. The Morgan fingerprint density at radius 1 is 1.19 bits per heavy atom. The van der Waals surface area contributed by atoms with Gasteiger partial charge in [-0.25, -0.2) is 0 Å². The van der Waals surface area contributed by atoms with Crippen molar-refractivity contribution in [3.63, 3.8) is 0 Å². The smallest absolute Gasteiger partial charge is 0.221 e. The third-order valence-electron chi connectivity index (χ3n) is 6.86. The molecule has 26 heavy (non-hydrogen) atoms. The molecule has 4 nitrogen and oxygen atoms in total. The largest absolute Gasteiger partial charge is 0.359 e. The molecule has 1 aromatic rings. The minimum absolute atomic E-state index is 0.159. The zero-order valence-corrected chi connectivity index (χ0v) is 16.1. The van der Waals surface area contributed by atoms with Gasteiger partial charge in [0.25, 0.3) is 0 Å². The van der Waals surface area contributed by atoms with Gasteiger partial charge in [0.05, 0.1) is 0 Å². The summed E-state index contributed by atoms with van der Waals surface area (Å²) in [7, 11) is 1.73. The molecule has 1 aliphatic carbocycles. The highest BCUT2D eigenvalue weighted by atomic mass is 16.1. The van der Waals surface area contributed by atoms with Crippen molar-refractivity contribution in [2.24, 2.45) is 5.41 Å². The Kier molecular flexibility index (Phi) is 5.32. The van der Waals surface area contributed by atoms with Gasteiger partial charge < -0.3 is 10.2 Å². The Hall–Kier alpha value is -1.39. The lowest BCUT2D eigenvalue weighted by Crippen LogP contribution is -2.52. The van der Waals surface area contributed by atoms with E-state index in [9.17, 15) is 4.79 Å². The maximum absolute atomic E-state index is 11.5. The second kappa shape index (κ2) is 7.69. The van der Waals surface area contributed by atoms with Gasteiger partial charge in [-0.15, -0.1) is 0 Å². The number of amides is 1. The number of likely N-dealkylation sites (tertiary alicyclic amines) is 2. The number of hydrogen-bond donors (Lipinski definition) is 1. The van der Waals surface area contributed by atoms with Crippen molar-refractivity contribution in [2.45, 2.75) is 50.5 Å². The second-order valence-electron chi connectivity index (χ2n) is 8.74. The molecule has 1 atom stereocenters. The average Bonchev–Trinajstić information content (AvgIpc) is 3.53. The first kappa shape index (κ1) is 18.0. The van der Waals surface area contributed by atoms with Gasteiger partial charge in [0.15, 0.2) is 0 Å². The van der Waals surface area contributed by atoms with Gasteiger partial charge in [-0.3, -0.25) is 9.69 Å². The monoisotopic (exact) mass is 355 g/mol. The maximum atomic E-state index is 11.5. The van der Waals surface area contributed by atoms with Crippen LogP contribution in [0.3, 0.4) is 0 Å². The van der Waals surface area contributed by atoms with E-state index in [1.165, 1.54) is 50.8 Å². The summed E-state index contributed by atoms with van der Waals surface area (Å²) >= 11 is 0. The molecule has 3 fully saturated rings. The van der Waals surface area contributed by atoms with Crippen LogP contribution < -0.4 is 5.32 Å². The quantitative estimate of drug-likeness (QED) is 0.882. The predicted octanol–water partition coefficient (Wildman–Crippen LogP) is 2.86. The number of nitrogens with one attached hydrogen (secondary N) is 1. The van der Waals surface area contributed by atoms with Crippen molar-refractivity contribution in [1.29, 1.82) is 0 Å². The highest BCUT2D eigenvalue weighted by Crippen LogP contribution is 2.47. The maximum Gasteiger partial charge on any atom is 0.221 e. The standard InChI is InChI=1S/C22H33N3O/c1-23-21(26)9-12-24-13-10-22(11-14-24)15-19(18-5-3-2-4-6-18)16-25(17-22)20-7-8-20/h2-6,19-20H,7-17H2,1H3,(H,23,26)/t19-/m0/s1. The van der Waals surface area contributed by atoms with Gasteiger partial charge in [0.2, 0.25) is 5.91 Å². The number of benzene rings is 1. The molecule has 2 saturated heterocycles. The number of hydrogen-bond acceptors (Lipinski definition) is 3. The van der Waals surface area contributed by atoms with Crippen LogP contribution in [0.25, 0.3) is 0 Å². The third kappa shape index (κ3) is 4.12. The lowest BCUT2D eigenvalue weighted by atomic mass is 9.68. The molecule has 142 valence electrons. The molecule has 0 aromatic heterocycles. The molecule has 0 bridgehead atoms. The van der Waals surface area contributed by atoms with Crippen LogP contribution in [0, 0.1) is 5.41 Å². The Bertz CT molecular complexity index is 605. The molecule has 1 spiro atoms. The lowest BCUT2D eigenvalue weighted by molar-refractivity contribution is -0.121. The van der Waals surface area contributed by atoms with Crippen LogP contribution in [0.1, 0.15) is 50.0 Å². The van der Waals surface area contributed by atoms with Crippen LogP contribution in [-0.4, -0.2) is 61.5 Å². The van der Waals surface area contributed by atoms with Gasteiger partial charge in [-0.2, -0.15) is 0 Å². The Morgan fingerprint density at radius 3 is 2.58 bits per heavy atom. The SMILES string of the molecule is CNC(=O)CCN1CCC2(CC1)C[C@H](c1ccccc1)CN(C1CC1)C2. The van der Waals surface area contributed by atoms with Crippen molar-refractivity contribution >= 4 is 5.91 Å². The van der Waals surface area contributed by atoms with Crippen molar-refractivity contribution in [2.75, 3.05) is 39.8 Å². The van der Waals surface area contributed by atoms with Crippen LogP contribution in [0.5, 0.6) is 0 Å². The summed E-state index contributed by atoms with van der Waals surface area (Å²) in [5, 5.41) is 2.74. The molecule has 1 saturated carbocycles. The summed E-state index contributed by atoms with van der Waals surface area (Å²) < 4.78 is 0. The Balaban J connectivity index is 1.41. The predicted molar refractivity (Wildman–Crippen MR) is 105 cm³/mol. The average molecular weight is 356 g/mol. The van der Waals surface area contributed by atoms with Gasteiger partial charge in [0.1, 0.15) is 0 Å². The summed E-state index contributed by atoms with van der Waals surface area (Å²) in [6.07, 6.45) is 7.33. The number of carbonyl (C=O) groups is 1. The molecule has 3 aliphatic rings. The summed E-state index contributed by atoms with van der Waals surface area (Å²) in [6.45, 7) is 5.75. The van der Waals surface area contributed by atoms with Crippen molar-refractivity contribution in [3.8, 4) is 0 Å². The minimum Gasteiger partial charge on any atom is -0.359 e. The van der Waals surface area contributed by atoms with Gasteiger partial charge >= 0.3 is 0 Å². The molecular weight excluding hydrogens is 322 g/mol. The van der Waals surface area contributed by atoms with Crippen molar-refractivity contribution < 1.29 is 4.79 Å². The summed E-state index contributed by atoms with van der Waals surface area (Å²) in [4.78, 5) is 16.8. The highest BCUT2D eigenvalue weighted by Gasteiger charge is 2.45. The number of piperidine rings is 2. The molecule has 4 heteroatoms. The van der Waals surface area contributed by atoms with Crippen LogP contribution in [0.2, 0.25) is 0 Å². The zero-order valence-electron chi connectivity index (χ0n) is 16.1. The fourth-order valence-electron chi connectivity index (χ4n) is 5.09. The fourth-order valence-corrected chi connectivity index (χ4v) is 5.09. The molecule has 0 radical (unpaired) electrons. The zero-order chi connectivity index (χ0) is 18.0. The normalized spacial score (nSPS) is 26.7. The van der Waals surface area contributed by atoms with Gasteiger partial charge in [0, 0.05) is 39.1 Å². The van der Waals surface area contributed by atoms with E-state index in [0.29, 0.717) is 17.8 Å². The van der Waals surface area contributed by atoms with Crippen molar-refractivity contribution in [1.82, 2.24) is 15.1 Å². The first-order valence-corrected chi connectivity index (χ1v) is 10.4. The first-order chi connectivity index (χ1) is 12.7. The van der Waals surface area contributed by atoms with E-state index < -0.39 is 0 Å². The van der Waals surface area contributed by atoms with E-state index in [1.807, 2.05) is 0 Å². The van der Waals surface area contributed by atoms with Crippen LogP contribution in [0.4, 0.5) is 0 Å². The van der Waals surface area contributed by atoms with Crippen LogP contribution >= 0.6 is 0 Å². The molecule has 2 heterocycles. The lowest BCUT2D eigenvalue weighted by Gasteiger charge is -2.50. The second-order valence-corrected chi connectivity index (χ2v) is 8.74. The number of nitrogens with zero attached hydrogens (tertiary/aromatic N) is 2. The van der Waals surface area contributed by atoms with E-state index in [2.05, 4.69) is 45.4 Å². The van der Waals surface area contributed by atoms with Gasteiger partial charge in [-0.1, -0.05) is 30.3 Å². The molecular formula is C22H33N3O. The summed E-state index contributed by atoms with van der Waals surface area (Å²) in [5.41, 5.74) is 2.00. The van der Waals surface area contributed by atoms with Gasteiger partial charge in [-0.05, 0) is 62.1 Å². The molecule has 4 rings (SSSR count). The van der Waals surface area contributed by atoms with Crippen LogP contribution in [0.15, 0.2) is 30.3 Å². The summed E-state index contributed by atoms with van der Waals surface area (Å²) in [6, 6.07) is 12.0. The van der Waals surface area contributed by atoms with E-state index in [4.69, 9.17) is 0 Å². The molecule has 2 aliphatic heterocycles. The van der Waals surface area contributed by atoms with Crippen molar-refractivity contribution in [3.05, 3.63) is 35.9 Å². The Labute approximate surface area is 157 Å². The van der Waals surface area contributed by atoms with E-state index in [1.54, 1.807) is 7.05 Å². The topological polar surface area (TPSA) is 35.6 Å². The highest BCUT2D eigenvalue weighted by molar-refractivity contribution is 5.75. The molecule has 1 amide bonds. The van der Waals surface area contributed by atoms with Crippen LogP contribution in [-0.2, 0) is 4.79 Å². The summed E-state index contributed by atoms with van der Waals surface area (Å²) in [5.74, 6) is 0.843. The molecule has 1 N–H and O–H groups in total. The van der Waals surface area contributed by atoms with E-state index >= 15 is 0 Å². The van der Waals surface area contributed by atoms with E-state index in [-0.39, 0.29) is 5.91 Å². The number of rotatable bonds is 5. The molecule has 0 unspecified atom stereocenters. The fraction of sp³-hybridized carbons (Fsp3) is 0.682.